The van der Waals surface area contributed by atoms with E-state index in [2.05, 4.69) is 38.2 Å². The van der Waals surface area contributed by atoms with Crippen LogP contribution >= 0.6 is 0 Å². The fraction of sp³-hybridized carbons (Fsp3) is 0.750. The molecule has 0 aromatic rings. The highest BCUT2D eigenvalue weighted by Crippen LogP contribution is 2.66. The molecule has 2 saturated heterocycles. The zero-order valence-electron chi connectivity index (χ0n) is 11.4. The Hall–Kier alpha value is -0.455. The van der Waals surface area contributed by atoms with E-state index >= 15 is 0 Å². The maximum absolute atomic E-state index is 2.54. The van der Waals surface area contributed by atoms with Gasteiger partial charge in [-0.1, -0.05) is 74.5 Å². The van der Waals surface area contributed by atoms with Gasteiger partial charge in [-0.2, -0.15) is 0 Å². The Morgan fingerprint density at radius 3 is 2.65 bits per heavy atom. The normalized spacial score (nSPS) is 48.1. The van der Waals surface area contributed by atoms with Gasteiger partial charge in [0, 0.05) is 0 Å². The van der Waals surface area contributed by atoms with Gasteiger partial charge in [0.15, 0.2) is 0 Å². The monoisotopic (exact) mass is 228 g/mol. The van der Waals surface area contributed by atoms with E-state index in [1.165, 1.54) is 45.8 Å². The molecule has 0 amide bonds. The van der Waals surface area contributed by atoms with Crippen LogP contribution in [0.25, 0.3) is 0 Å². The third-order valence-corrected chi connectivity index (χ3v) is 5.70. The summed E-state index contributed by atoms with van der Waals surface area (Å²) in [5, 5.41) is 1.38. The minimum atomic E-state index is 0.652. The van der Waals surface area contributed by atoms with Crippen molar-refractivity contribution in [3.8, 4) is 0 Å². The van der Waals surface area contributed by atoms with Crippen LogP contribution in [-0.4, -0.2) is 7.28 Å². The molecule has 3 fully saturated rings. The van der Waals surface area contributed by atoms with Gasteiger partial charge in [-0.25, -0.2) is 0 Å². The van der Waals surface area contributed by atoms with Crippen LogP contribution in [0.15, 0.2) is 24.3 Å². The summed E-state index contributed by atoms with van der Waals surface area (Å²) >= 11 is 0. The second kappa shape index (κ2) is 4.04. The molecule has 0 N–H and O–H groups in total. The van der Waals surface area contributed by atoms with Crippen molar-refractivity contribution in [1.29, 1.82) is 0 Å². The number of rotatable bonds is 1. The van der Waals surface area contributed by atoms with Crippen LogP contribution in [0.4, 0.5) is 0 Å². The van der Waals surface area contributed by atoms with Crippen LogP contribution < -0.4 is 0 Å². The highest BCUT2D eigenvalue weighted by atomic mass is 14.5. The molecule has 4 atom stereocenters. The van der Waals surface area contributed by atoms with Crippen LogP contribution in [0.2, 0.25) is 10.6 Å². The number of fused-ring (bicyclic) bond motifs is 2. The van der Waals surface area contributed by atoms with Crippen molar-refractivity contribution in [2.45, 2.75) is 63.0 Å². The summed E-state index contributed by atoms with van der Waals surface area (Å²) in [6.07, 6.45) is 18.2. The second-order valence-electron chi connectivity index (χ2n) is 7.21. The lowest BCUT2D eigenvalue weighted by Crippen LogP contribution is -2.44. The number of hydrogen-bond donors (Lipinski definition) is 0. The average molecular weight is 228 g/mol. The Morgan fingerprint density at radius 2 is 1.94 bits per heavy atom. The van der Waals surface area contributed by atoms with Gasteiger partial charge >= 0.3 is 0 Å². The second-order valence-corrected chi connectivity index (χ2v) is 7.21. The zero-order valence-corrected chi connectivity index (χ0v) is 11.4. The summed E-state index contributed by atoms with van der Waals surface area (Å²) in [5.41, 5.74) is 0. The molecule has 0 radical (unpaired) electrons. The van der Waals surface area contributed by atoms with Gasteiger partial charge < -0.3 is 0 Å². The lowest BCUT2D eigenvalue weighted by Gasteiger charge is -2.55. The lowest BCUT2D eigenvalue weighted by atomic mass is 9.23. The molecule has 2 bridgehead atoms. The third-order valence-electron chi connectivity index (χ3n) is 5.70. The Kier molecular flexibility index (Phi) is 2.76. The summed E-state index contributed by atoms with van der Waals surface area (Å²) in [6, 6.07) is 0. The van der Waals surface area contributed by atoms with Gasteiger partial charge in [-0.15, -0.1) is 0 Å². The molecule has 2 heterocycles. The molecular weight excluding hydrogens is 203 g/mol. The number of hydrogen-bond acceptors (Lipinski definition) is 0. The van der Waals surface area contributed by atoms with E-state index in [1.54, 1.807) is 0 Å². The molecule has 4 aliphatic rings. The molecule has 92 valence electrons. The molecule has 4 rings (SSSR count). The van der Waals surface area contributed by atoms with Crippen molar-refractivity contribution in [3.63, 3.8) is 0 Å². The van der Waals surface area contributed by atoms with Gasteiger partial charge in [0.05, 0.1) is 0 Å². The van der Waals surface area contributed by atoms with Crippen molar-refractivity contribution in [1.82, 2.24) is 0 Å². The molecule has 4 unspecified atom stereocenters. The van der Waals surface area contributed by atoms with E-state index in [1.807, 2.05) is 0 Å². The predicted octanol–water partition coefficient (Wildman–Crippen LogP) is 4.51. The summed E-state index contributed by atoms with van der Waals surface area (Å²) < 4.78 is 0. The van der Waals surface area contributed by atoms with Gasteiger partial charge in [-0.05, 0) is 24.7 Å². The molecule has 0 aromatic carbocycles. The minimum Gasteiger partial charge on any atom is -0.0808 e. The summed E-state index contributed by atoms with van der Waals surface area (Å²) in [6.45, 7) is 4.94. The van der Waals surface area contributed by atoms with Crippen LogP contribution in [0, 0.1) is 11.8 Å². The highest BCUT2D eigenvalue weighted by Gasteiger charge is 2.52. The molecule has 17 heavy (non-hydrogen) atoms. The predicted molar refractivity (Wildman–Crippen MR) is 76.8 cm³/mol. The highest BCUT2D eigenvalue weighted by molar-refractivity contribution is 6.48. The fourth-order valence-electron chi connectivity index (χ4n) is 5.02. The van der Waals surface area contributed by atoms with Crippen molar-refractivity contribution in [2.75, 3.05) is 0 Å². The molecule has 1 saturated carbocycles. The van der Waals surface area contributed by atoms with E-state index in [0.717, 1.165) is 17.2 Å². The van der Waals surface area contributed by atoms with Crippen LogP contribution in [-0.2, 0) is 0 Å². The van der Waals surface area contributed by atoms with Crippen molar-refractivity contribution < 1.29 is 0 Å². The molecule has 1 heteroatoms. The summed E-state index contributed by atoms with van der Waals surface area (Å²) in [5.74, 6) is 1.67. The molecule has 0 nitrogen and oxygen atoms in total. The molecule has 2 aliphatic heterocycles. The van der Waals surface area contributed by atoms with Gasteiger partial charge in [0.1, 0.15) is 7.28 Å². The smallest absolute Gasteiger partial charge is 0.0808 e. The largest absolute Gasteiger partial charge is 0.135 e. The van der Waals surface area contributed by atoms with E-state index in [-0.39, 0.29) is 0 Å². The van der Waals surface area contributed by atoms with Crippen molar-refractivity contribution in [2.24, 2.45) is 11.8 Å². The quantitative estimate of drug-likeness (QED) is 0.579. The summed E-state index contributed by atoms with van der Waals surface area (Å²) in [4.78, 5) is 0. The fourth-order valence-corrected chi connectivity index (χ4v) is 5.02. The molecule has 2 aliphatic carbocycles. The van der Waals surface area contributed by atoms with Crippen molar-refractivity contribution >= 4 is 7.28 Å². The molecule has 0 spiro atoms. The Labute approximate surface area is 107 Å². The third kappa shape index (κ3) is 2.02. The zero-order chi connectivity index (χ0) is 11.9. The average Bonchev–Trinajstić information content (AvgIpc) is 2.37. The maximum Gasteiger partial charge on any atom is 0.135 e. The van der Waals surface area contributed by atoms with E-state index in [4.69, 9.17) is 0 Å². The number of allylic oxidation sites excluding steroid dienone is 4. The Morgan fingerprint density at radius 1 is 1.24 bits per heavy atom. The van der Waals surface area contributed by atoms with Gasteiger partial charge in [0.25, 0.3) is 0 Å². The van der Waals surface area contributed by atoms with E-state index in [9.17, 15) is 0 Å². The van der Waals surface area contributed by atoms with Crippen LogP contribution in [0.3, 0.4) is 0 Å². The van der Waals surface area contributed by atoms with Gasteiger partial charge in [0.2, 0.25) is 0 Å². The van der Waals surface area contributed by atoms with Crippen LogP contribution in [0.1, 0.15) is 52.4 Å². The van der Waals surface area contributed by atoms with Gasteiger partial charge in [-0.3, -0.25) is 0 Å². The standard InChI is InChI=1S/C16H25B/c1-3-16-10-6-9-13-7-4-5-8-14(13)11-15(2,12-16)17-16/h4-5,7-8,13-14,17H,3,6,9-12H2,1-2H3. The first kappa shape index (κ1) is 11.6. The first-order valence-electron chi connectivity index (χ1n) is 7.50. The van der Waals surface area contributed by atoms with E-state index in [0.29, 0.717) is 5.31 Å². The Balaban J connectivity index is 1.80. The van der Waals surface area contributed by atoms with Crippen LogP contribution in [0.5, 0.6) is 0 Å². The SMILES string of the molecule is CCC12BC(C)(CC3C=CC=CC3CCC1)C2. The Bertz CT molecular complexity index is 347. The topological polar surface area (TPSA) is 0 Å². The first-order valence-corrected chi connectivity index (χ1v) is 7.50. The first-order chi connectivity index (χ1) is 8.15. The minimum absolute atomic E-state index is 0.652. The van der Waals surface area contributed by atoms with Crippen molar-refractivity contribution in [3.05, 3.63) is 24.3 Å². The van der Waals surface area contributed by atoms with E-state index < -0.39 is 0 Å². The lowest BCUT2D eigenvalue weighted by molar-refractivity contribution is 0.285. The molecular formula is C16H25B. The maximum atomic E-state index is 2.54. The molecule has 0 aromatic heterocycles. The summed E-state index contributed by atoms with van der Waals surface area (Å²) in [7, 11) is 1.50.